The number of aromatic nitrogens is 1. The van der Waals surface area contributed by atoms with Crippen molar-refractivity contribution in [2.24, 2.45) is 0 Å². The maximum absolute atomic E-state index is 12.8. The topological polar surface area (TPSA) is 61.6 Å². The molecule has 2 aliphatic carbocycles. The zero-order valence-electron chi connectivity index (χ0n) is 21.2. The van der Waals surface area contributed by atoms with E-state index in [0.29, 0.717) is 31.5 Å². The number of hydrogen-bond donors (Lipinski definition) is 0. The molecule has 5 heteroatoms. The van der Waals surface area contributed by atoms with Gasteiger partial charge in [0, 0.05) is 24.0 Å². The van der Waals surface area contributed by atoms with E-state index < -0.39 is 5.60 Å². The van der Waals surface area contributed by atoms with Gasteiger partial charge >= 0.3 is 5.97 Å². The summed E-state index contributed by atoms with van der Waals surface area (Å²) in [6.07, 6.45) is 10.7. The Morgan fingerprint density at radius 2 is 1.79 bits per heavy atom. The van der Waals surface area contributed by atoms with Crippen LogP contribution in [-0.4, -0.2) is 23.3 Å². The molecule has 0 spiro atoms. The molecule has 0 saturated heterocycles. The molecular formula is C29H41NO4. The third-order valence-corrected chi connectivity index (χ3v) is 6.92. The van der Waals surface area contributed by atoms with Gasteiger partial charge in [-0.15, -0.1) is 0 Å². The summed E-state index contributed by atoms with van der Waals surface area (Å²) in [5.74, 6) is 2.00. The zero-order valence-corrected chi connectivity index (χ0v) is 21.2. The van der Waals surface area contributed by atoms with Crippen LogP contribution in [0.15, 0.2) is 34.9 Å². The lowest BCUT2D eigenvalue weighted by molar-refractivity contribution is -0.155. The first-order valence-corrected chi connectivity index (χ1v) is 13.2. The van der Waals surface area contributed by atoms with E-state index in [1.807, 2.05) is 39.0 Å². The van der Waals surface area contributed by atoms with Crippen molar-refractivity contribution < 1.29 is 18.8 Å². The second-order valence-electron chi connectivity index (χ2n) is 11.1. The molecule has 34 heavy (non-hydrogen) atoms. The maximum Gasteiger partial charge on any atom is 0.306 e. The van der Waals surface area contributed by atoms with Crippen LogP contribution in [0.25, 0.3) is 0 Å². The Kier molecular flexibility index (Phi) is 8.46. The summed E-state index contributed by atoms with van der Waals surface area (Å²) >= 11 is 0. The molecule has 2 saturated carbocycles. The maximum atomic E-state index is 12.8. The molecule has 0 amide bonds. The molecule has 1 atom stereocenters. The second kappa shape index (κ2) is 11.5. The summed E-state index contributed by atoms with van der Waals surface area (Å²) in [5.41, 5.74) is 3.02. The third-order valence-electron chi connectivity index (χ3n) is 6.92. The Morgan fingerprint density at radius 1 is 1.06 bits per heavy atom. The Hall–Kier alpha value is -2.14. The lowest BCUT2D eigenvalue weighted by Gasteiger charge is -2.23. The molecule has 1 unspecified atom stereocenters. The normalized spacial score (nSPS) is 18.1. The van der Waals surface area contributed by atoms with E-state index in [1.54, 1.807) is 0 Å². The van der Waals surface area contributed by atoms with Crippen LogP contribution in [0.5, 0.6) is 0 Å². The van der Waals surface area contributed by atoms with Crippen LogP contribution in [0, 0.1) is 0 Å². The van der Waals surface area contributed by atoms with Crippen molar-refractivity contribution in [2.75, 3.05) is 6.61 Å². The minimum atomic E-state index is -0.489. The van der Waals surface area contributed by atoms with Crippen molar-refractivity contribution in [3.8, 4) is 0 Å². The molecule has 0 N–H and O–H groups in total. The lowest BCUT2D eigenvalue weighted by atomic mass is 9.83. The lowest BCUT2D eigenvalue weighted by Crippen LogP contribution is -2.25. The second-order valence-corrected chi connectivity index (χ2v) is 11.1. The van der Waals surface area contributed by atoms with Crippen molar-refractivity contribution in [3.05, 3.63) is 52.9 Å². The van der Waals surface area contributed by atoms with Gasteiger partial charge in [0.05, 0.1) is 18.7 Å². The highest BCUT2D eigenvalue weighted by molar-refractivity contribution is 5.71. The van der Waals surface area contributed by atoms with E-state index in [4.69, 9.17) is 14.0 Å². The average molecular weight is 468 g/mol. The molecule has 2 aliphatic rings. The van der Waals surface area contributed by atoms with E-state index >= 15 is 0 Å². The van der Waals surface area contributed by atoms with Crippen molar-refractivity contribution in [1.29, 1.82) is 0 Å². The van der Waals surface area contributed by atoms with Crippen LogP contribution in [0.2, 0.25) is 0 Å². The summed E-state index contributed by atoms with van der Waals surface area (Å²) in [6.45, 7) is 7.03. The SMILES string of the molecule is CC(C)(C)OC(=O)CC(CCCOCc1ccccc1)c1noc(C2CCCCC2)c1C1CC1. The van der Waals surface area contributed by atoms with Crippen LogP contribution >= 0.6 is 0 Å². The Bertz CT molecular complexity index is 904. The molecule has 0 bridgehead atoms. The van der Waals surface area contributed by atoms with Gasteiger partial charge in [-0.05, 0) is 70.8 Å². The fourth-order valence-electron chi connectivity index (χ4n) is 5.17. The minimum absolute atomic E-state index is 0.00636. The van der Waals surface area contributed by atoms with Gasteiger partial charge in [0.2, 0.25) is 0 Å². The highest BCUT2D eigenvalue weighted by Gasteiger charge is 2.38. The van der Waals surface area contributed by atoms with Crippen LogP contribution in [-0.2, 0) is 20.9 Å². The predicted molar refractivity (Wildman–Crippen MR) is 133 cm³/mol. The summed E-state index contributed by atoms with van der Waals surface area (Å²) in [6, 6.07) is 10.2. The highest BCUT2D eigenvalue weighted by atomic mass is 16.6. The van der Waals surface area contributed by atoms with E-state index in [1.165, 1.54) is 56.1 Å². The summed E-state index contributed by atoms with van der Waals surface area (Å²) < 4.78 is 17.7. The van der Waals surface area contributed by atoms with Gasteiger partial charge < -0.3 is 14.0 Å². The number of hydrogen-bond acceptors (Lipinski definition) is 5. The molecule has 0 radical (unpaired) electrons. The van der Waals surface area contributed by atoms with Gasteiger partial charge in [-0.3, -0.25) is 4.79 Å². The number of ether oxygens (including phenoxy) is 2. The van der Waals surface area contributed by atoms with Gasteiger partial charge in [0.1, 0.15) is 11.4 Å². The molecular weight excluding hydrogens is 426 g/mol. The molecule has 2 aromatic rings. The third kappa shape index (κ3) is 7.18. The van der Waals surface area contributed by atoms with Gasteiger partial charge in [0.15, 0.2) is 0 Å². The van der Waals surface area contributed by atoms with Crippen LogP contribution in [0.1, 0.15) is 125 Å². The predicted octanol–water partition coefficient (Wildman–Crippen LogP) is 7.41. The number of esters is 1. The van der Waals surface area contributed by atoms with Crippen LogP contribution in [0.4, 0.5) is 0 Å². The number of rotatable bonds is 11. The van der Waals surface area contributed by atoms with Crippen molar-refractivity contribution >= 4 is 5.97 Å². The molecule has 1 heterocycles. The van der Waals surface area contributed by atoms with Crippen molar-refractivity contribution in [3.63, 3.8) is 0 Å². The Labute approximate surface area is 204 Å². The monoisotopic (exact) mass is 467 g/mol. The largest absolute Gasteiger partial charge is 0.460 e. The first-order valence-electron chi connectivity index (χ1n) is 13.2. The van der Waals surface area contributed by atoms with E-state index in [2.05, 4.69) is 17.3 Å². The van der Waals surface area contributed by atoms with Gasteiger partial charge in [-0.25, -0.2) is 0 Å². The smallest absolute Gasteiger partial charge is 0.306 e. The number of carbonyl (C=O) groups is 1. The molecule has 1 aromatic carbocycles. The van der Waals surface area contributed by atoms with Gasteiger partial charge in [-0.1, -0.05) is 54.8 Å². The van der Waals surface area contributed by atoms with E-state index in [0.717, 1.165) is 24.3 Å². The van der Waals surface area contributed by atoms with Crippen LogP contribution in [0.3, 0.4) is 0 Å². The minimum Gasteiger partial charge on any atom is -0.460 e. The highest BCUT2D eigenvalue weighted by Crippen LogP contribution is 2.49. The number of carbonyl (C=O) groups excluding carboxylic acids is 1. The van der Waals surface area contributed by atoms with Gasteiger partial charge in [0.25, 0.3) is 0 Å². The van der Waals surface area contributed by atoms with Crippen molar-refractivity contribution in [2.45, 2.75) is 115 Å². The van der Waals surface area contributed by atoms with Crippen molar-refractivity contribution in [1.82, 2.24) is 5.16 Å². The zero-order chi connectivity index (χ0) is 24.0. The van der Waals surface area contributed by atoms with Crippen LogP contribution < -0.4 is 0 Å². The standard InChI is InChI=1S/C29H41NO4/c1-29(2,3)33-25(31)19-24(15-10-18-32-20-21-11-6-4-7-12-21)27-26(22-16-17-22)28(34-30-27)23-13-8-5-9-14-23/h4,6-7,11-12,22-24H,5,8-10,13-20H2,1-3H3. The fourth-order valence-corrected chi connectivity index (χ4v) is 5.17. The number of benzene rings is 1. The molecule has 4 rings (SSSR count). The fraction of sp³-hybridized carbons (Fsp3) is 0.655. The Morgan fingerprint density at radius 3 is 2.47 bits per heavy atom. The molecule has 0 aliphatic heterocycles. The average Bonchev–Trinajstić information content (AvgIpc) is 3.56. The summed E-state index contributed by atoms with van der Waals surface area (Å²) in [4.78, 5) is 12.8. The number of nitrogens with zero attached hydrogens (tertiary/aromatic N) is 1. The molecule has 5 nitrogen and oxygen atoms in total. The first-order chi connectivity index (χ1) is 16.4. The summed E-state index contributed by atoms with van der Waals surface area (Å²) in [7, 11) is 0. The van der Waals surface area contributed by atoms with E-state index in [9.17, 15) is 4.79 Å². The molecule has 186 valence electrons. The first kappa shape index (κ1) is 25.0. The molecule has 2 fully saturated rings. The van der Waals surface area contributed by atoms with Gasteiger partial charge in [-0.2, -0.15) is 0 Å². The summed E-state index contributed by atoms with van der Waals surface area (Å²) in [5, 5.41) is 4.63. The Balaban J connectivity index is 1.45. The van der Waals surface area contributed by atoms with E-state index in [-0.39, 0.29) is 11.9 Å². The quantitative estimate of drug-likeness (QED) is 0.254. The molecule has 1 aromatic heterocycles.